The molecule has 1 heterocycles. The highest BCUT2D eigenvalue weighted by Gasteiger charge is 2.23. The SMILES string of the molecule is COc1ccc(-c2cc(C)c3cc(CC(=O)NC4CC4)ccc3n2)c(O)c1. The standard InChI is InChI=1S/C22H22N2O3/c1-13-9-20(17-7-6-16(27-2)12-21(17)25)24-19-8-3-14(10-18(13)19)11-22(26)23-15-4-5-15/h3,6-10,12,15,25H,4-5,11H2,1-2H3,(H,23,26). The zero-order valence-electron chi connectivity index (χ0n) is 15.5. The molecule has 138 valence electrons. The van der Waals surface area contributed by atoms with Gasteiger partial charge in [-0.25, -0.2) is 4.98 Å². The number of amides is 1. The lowest BCUT2D eigenvalue weighted by atomic mass is 10.0. The summed E-state index contributed by atoms with van der Waals surface area (Å²) in [7, 11) is 1.56. The Kier molecular flexibility index (Phi) is 4.44. The minimum atomic E-state index is 0.0715. The zero-order valence-corrected chi connectivity index (χ0v) is 15.5. The average Bonchev–Trinajstić information content (AvgIpc) is 3.45. The number of pyridine rings is 1. The van der Waals surface area contributed by atoms with E-state index >= 15 is 0 Å². The predicted molar refractivity (Wildman–Crippen MR) is 105 cm³/mol. The molecule has 1 fully saturated rings. The third-order valence-corrected chi connectivity index (χ3v) is 4.87. The lowest BCUT2D eigenvalue weighted by Crippen LogP contribution is -2.26. The van der Waals surface area contributed by atoms with Crippen molar-refractivity contribution in [2.24, 2.45) is 0 Å². The van der Waals surface area contributed by atoms with E-state index in [9.17, 15) is 9.90 Å². The van der Waals surface area contributed by atoms with E-state index in [1.54, 1.807) is 25.3 Å². The molecule has 2 aromatic carbocycles. The molecule has 0 radical (unpaired) electrons. The van der Waals surface area contributed by atoms with Crippen LogP contribution in [-0.2, 0) is 11.2 Å². The summed E-state index contributed by atoms with van der Waals surface area (Å²) >= 11 is 0. The van der Waals surface area contributed by atoms with Gasteiger partial charge in [-0.15, -0.1) is 0 Å². The predicted octanol–water partition coefficient (Wildman–Crippen LogP) is 3.75. The summed E-state index contributed by atoms with van der Waals surface area (Å²) in [5, 5.41) is 14.3. The highest BCUT2D eigenvalue weighted by atomic mass is 16.5. The zero-order chi connectivity index (χ0) is 19.0. The van der Waals surface area contributed by atoms with Gasteiger partial charge in [0.15, 0.2) is 0 Å². The van der Waals surface area contributed by atoms with Crippen molar-refractivity contribution in [1.82, 2.24) is 10.3 Å². The molecule has 0 unspecified atom stereocenters. The van der Waals surface area contributed by atoms with E-state index in [0.717, 1.165) is 34.9 Å². The fourth-order valence-corrected chi connectivity index (χ4v) is 3.24. The number of nitrogens with zero attached hydrogens (tertiary/aromatic N) is 1. The molecule has 1 amide bonds. The van der Waals surface area contributed by atoms with Crippen molar-refractivity contribution >= 4 is 16.8 Å². The van der Waals surface area contributed by atoms with Crippen molar-refractivity contribution in [2.45, 2.75) is 32.2 Å². The summed E-state index contributed by atoms with van der Waals surface area (Å²) in [5.41, 5.74) is 4.24. The minimum Gasteiger partial charge on any atom is -0.507 e. The van der Waals surface area contributed by atoms with Crippen LogP contribution >= 0.6 is 0 Å². The number of aryl methyl sites for hydroxylation is 1. The summed E-state index contributed by atoms with van der Waals surface area (Å²) in [6, 6.07) is 13.4. The van der Waals surface area contributed by atoms with Gasteiger partial charge in [-0.05, 0) is 61.2 Å². The molecular weight excluding hydrogens is 340 g/mol. The normalized spacial score (nSPS) is 13.6. The molecule has 2 N–H and O–H groups in total. The first-order valence-corrected chi connectivity index (χ1v) is 9.10. The van der Waals surface area contributed by atoms with Crippen LogP contribution in [0.15, 0.2) is 42.5 Å². The Morgan fingerprint density at radius 3 is 2.74 bits per heavy atom. The van der Waals surface area contributed by atoms with E-state index in [2.05, 4.69) is 5.32 Å². The average molecular weight is 362 g/mol. The molecule has 27 heavy (non-hydrogen) atoms. The van der Waals surface area contributed by atoms with Crippen molar-refractivity contribution in [3.8, 4) is 22.8 Å². The number of hydrogen-bond donors (Lipinski definition) is 2. The van der Waals surface area contributed by atoms with Crippen LogP contribution in [0.1, 0.15) is 24.0 Å². The number of hydrogen-bond acceptors (Lipinski definition) is 4. The number of benzene rings is 2. The molecule has 1 aliphatic rings. The molecule has 0 spiro atoms. The Morgan fingerprint density at radius 1 is 1.22 bits per heavy atom. The molecule has 5 nitrogen and oxygen atoms in total. The summed E-state index contributed by atoms with van der Waals surface area (Å²) in [5.74, 6) is 0.805. The number of phenolic OH excluding ortho intramolecular Hbond substituents is 1. The van der Waals surface area contributed by atoms with Gasteiger partial charge in [0.25, 0.3) is 0 Å². The molecule has 0 bridgehead atoms. The number of methoxy groups -OCH3 is 1. The second-order valence-electron chi connectivity index (χ2n) is 7.08. The molecule has 3 aromatic rings. The van der Waals surface area contributed by atoms with E-state index < -0.39 is 0 Å². The molecule has 0 atom stereocenters. The van der Waals surface area contributed by atoms with Crippen LogP contribution < -0.4 is 10.1 Å². The van der Waals surface area contributed by atoms with Crippen LogP contribution in [-0.4, -0.2) is 29.1 Å². The number of aromatic nitrogens is 1. The van der Waals surface area contributed by atoms with E-state index in [1.165, 1.54) is 0 Å². The molecule has 1 aromatic heterocycles. The Bertz CT molecular complexity index is 1030. The van der Waals surface area contributed by atoms with Gasteiger partial charge in [0.05, 0.1) is 24.7 Å². The Balaban J connectivity index is 1.65. The molecule has 5 heteroatoms. The topological polar surface area (TPSA) is 71.5 Å². The van der Waals surface area contributed by atoms with E-state index in [-0.39, 0.29) is 11.7 Å². The van der Waals surface area contributed by atoms with E-state index in [1.807, 2.05) is 31.2 Å². The minimum absolute atomic E-state index is 0.0715. The third kappa shape index (κ3) is 3.72. The first-order chi connectivity index (χ1) is 13.0. The number of nitrogens with one attached hydrogen (secondary N) is 1. The number of aromatic hydroxyl groups is 1. The van der Waals surface area contributed by atoms with Crippen LogP contribution in [0.3, 0.4) is 0 Å². The molecular formula is C22H22N2O3. The monoisotopic (exact) mass is 362 g/mol. The highest BCUT2D eigenvalue weighted by Crippen LogP contribution is 2.33. The van der Waals surface area contributed by atoms with Gasteiger partial charge in [-0.2, -0.15) is 0 Å². The summed E-state index contributed by atoms with van der Waals surface area (Å²) in [4.78, 5) is 16.7. The van der Waals surface area contributed by atoms with Crippen LogP contribution in [0.4, 0.5) is 0 Å². The number of carbonyl (C=O) groups is 1. The maximum Gasteiger partial charge on any atom is 0.224 e. The quantitative estimate of drug-likeness (QED) is 0.725. The molecule has 0 saturated heterocycles. The molecule has 4 rings (SSSR count). The highest BCUT2D eigenvalue weighted by molar-refractivity contribution is 5.88. The van der Waals surface area contributed by atoms with Crippen molar-refractivity contribution in [2.75, 3.05) is 7.11 Å². The van der Waals surface area contributed by atoms with Crippen molar-refractivity contribution in [3.63, 3.8) is 0 Å². The molecule has 0 aliphatic heterocycles. The van der Waals surface area contributed by atoms with Gasteiger partial charge in [-0.1, -0.05) is 6.07 Å². The van der Waals surface area contributed by atoms with Gasteiger partial charge >= 0.3 is 0 Å². The first-order valence-electron chi connectivity index (χ1n) is 9.10. The lowest BCUT2D eigenvalue weighted by Gasteiger charge is -2.11. The van der Waals surface area contributed by atoms with Crippen molar-refractivity contribution < 1.29 is 14.6 Å². The van der Waals surface area contributed by atoms with Gasteiger partial charge in [0.1, 0.15) is 11.5 Å². The van der Waals surface area contributed by atoms with Crippen LogP contribution in [0, 0.1) is 6.92 Å². The van der Waals surface area contributed by atoms with Crippen LogP contribution in [0.25, 0.3) is 22.2 Å². The third-order valence-electron chi connectivity index (χ3n) is 4.87. The number of ether oxygens (including phenoxy) is 1. The van der Waals surface area contributed by atoms with E-state index in [0.29, 0.717) is 29.5 Å². The second-order valence-corrected chi connectivity index (χ2v) is 7.08. The Labute approximate surface area is 158 Å². The lowest BCUT2D eigenvalue weighted by molar-refractivity contribution is -0.120. The van der Waals surface area contributed by atoms with Gasteiger partial charge < -0.3 is 15.2 Å². The number of fused-ring (bicyclic) bond motifs is 1. The number of carbonyl (C=O) groups excluding carboxylic acids is 1. The summed E-state index contributed by atoms with van der Waals surface area (Å²) < 4.78 is 5.14. The Morgan fingerprint density at radius 2 is 2.04 bits per heavy atom. The molecule has 1 aliphatic carbocycles. The summed E-state index contributed by atoms with van der Waals surface area (Å²) in [6.45, 7) is 2.02. The first kappa shape index (κ1) is 17.3. The smallest absolute Gasteiger partial charge is 0.224 e. The van der Waals surface area contributed by atoms with Crippen molar-refractivity contribution in [1.29, 1.82) is 0 Å². The maximum atomic E-state index is 12.0. The van der Waals surface area contributed by atoms with E-state index in [4.69, 9.17) is 9.72 Å². The number of phenols is 1. The molecule has 1 saturated carbocycles. The van der Waals surface area contributed by atoms with Crippen LogP contribution in [0.2, 0.25) is 0 Å². The summed E-state index contributed by atoms with van der Waals surface area (Å²) in [6.07, 6.45) is 2.56. The largest absolute Gasteiger partial charge is 0.507 e. The fourth-order valence-electron chi connectivity index (χ4n) is 3.24. The maximum absolute atomic E-state index is 12.0. The van der Waals surface area contributed by atoms with Gasteiger partial charge in [-0.3, -0.25) is 4.79 Å². The fraction of sp³-hybridized carbons (Fsp3) is 0.273. The van der Waals surface area contributed by atoms with Gasteiger partial charge in [0.2, 0.25) is 5.91 Å². The van der Waals surface area contributed by atoms with Crippen LogP contribution in [0.5, 0.6) is 11.5 Å². The Hall–Kier alpha value is -3.08. The second kappa shape index (κ2) is 6.91. The van der Waals surface area contributed by atoms with Gasteiger partial charge in [0, 0.05) is 23.1 Å². The van der Waals surface area contributed by atoms with Crippen molar-refractivity contribution in [3.05, 3.63) is 53.6 Å². The number of rotatable bonds is 5.